The zero-order valence-electron chi connectivity index (χ0n) is 23.3. The van der Waals surface area contributed by atoms with E-state index in [1.165, 1.54) is 42.5 Å². The highest BCUT2D eigenvalue weighted by Crippen LogP contribution is 2.38. The number of hydrogen-bond donors (Lipinski definition) is 6. The fourth-order valence-corrected chi connectivity index (χ4v) is 3.79. The highest BCUT2D eigenvalue weighted by Gasteiger charge is 2.21. The van der Waals surface area contributed by atoms with Gasteiger partial charge in [-0.25, -0.2) is 34.1 Å². The van der Waals surface area contributed by atoms with Crippen molar-refractivity contribution in [3.8, 4) is 68.7 Å². The minimum Gasteiger partial charge on any atom is -0.507 e. The highest BCUT2D eigenvalue weighted by molar-refractivity contribution is 5.76. The number of aliphatic carboxylic acids is 4. The first-order valence-corrected chi connectivity index (χ1v) is 12.8. The van der Waals surface area contributed by atoms with Crippen molar-refractivity contribution in [1.29, 1.82) is 0 Å². The van der Waals surface area contributed by atoms with Crippen LogP contribution in [0.3, 0.4) is 0 Å². The lowest BCUT2D eigenvalue weighted by Gasteiger charge is -2.14. The van der Waals surface area contributed by atoms with Crippen molar-refractivity contribution in [2.45, 2.75) is 0 Å². The molecule has 1 aromatic heterocycles. The van der Waals surface area contributed by atoms with E-state index in [9.17, 15) is 34.5 Å². The number of carboxylic acid groups (broad SMARTS) is 4. The SMILES string of the molecule is O=C(O)COc1ccc(-c2nc(-c3ccc(OCC(=O)O)cc3O)nc(-c3ccc(OCC(=O)O)cc3OCC(=O)O)n2)c(O)c1. The summed E-state index contributed by atoms with van der Waals surface area (Å²) in [7, 11) is 0. The maximum atomic E-state index is 11.3. The van der Waals surface area contributed by atoms with Crippen LogP contribution in [0.4, 0.5) is 0 Å². The van der Waals surface area contributed by atoms with Crippen LogP contribution in [0.25, 0.3) is 34.2 Å². The van der Waals surface area contributed by atoms with Gasteiger partial charge in [0.25, 0.3) is 0 Å². The third-order valence-electron chi connectivity index (χ3n) is 5.69. The lowest BCUT2D eigenvalue weighted by atomic mass is 10.1. The minimum absolute atomic E-state index is 0.0166. The number of aromatic hydroxyl groups is 2. The van der Waals surface area contributed by atoms with Crippen LogP contribution in [0.2, 0.25) is 0 Å². The van der Waals surface area contributed by atoms with Gasteiger partial charge in [0.15, 0.2) is 43.9 Å². The highest BCUT2D eigenvalue weighted by atomic mass is 16.5. The molecule has 0 aliphatic carbocycles. The minimum atomic E-state index is -1.33. The molecule has 0 unspecified atom stereocenters. The van der Waals surface area contributed by atoms with Crippen molar-refractivity contribution in [3.05, 3.63) is 54.6 Å². The summed E-state index contributed by atoms with van der Waals surface area (Å²) in [5, 5.41) is 57.4. The molecule has 17 nitrogen and oxygen atoms in total. The van der Waals surface area contributed by atoms with E-state index in [0.717, 1.165) is 12.1 Å². The van der Waals surface area contributed by atoms with Crippen LogP contribution in [0.15, 0.2) is 54.6 Å². The second kappa shape index (κ2) is 14.2. The number of benzene rings is 3. The molecular formula is C29H23N3O14. The van der Waals surface area contributed by atoms with Crippen LogP contribution in [0.5, 0.6) is 34.5 Å². The Hall–Kier alpha value is -6.65. The first-order valence-electron chi connectivity index (χ1n) is 12.8. The van der Waals surface area contributed by atoms with Gasteiger partial charge in [0.05, 0.1) is 16.7 Å². The predicted molar refractivity (Wildman–Crippen MR) is 152 cm³/mol. The molecule has 0 aliphatic rings. The Morgan fingerprint density at radius 3 is 1.17 bits per heavy atom. The summed E-state index contributed by atoms with van der Waals surface area (Å²) in [6.45, 7) is -2.85. The number of rotatable bonds is 15. The number of carboxylic acids is 4. The van der Waals surface area contributed by atoms with Crippen LogP contribution in [0, 0.1) is 0 Å². The monoisotopic (exact) mass is 637 g/mol. The molecule has 46 heavy (non-hydrogen) atoms. The van der Waals surface area contributed by atoms with E-state index in [1.807, 2.05) is 0 Å². The number of nitrogens with zero attached hydrogens (tertiary/aromatic N) is 3. The number of aromatic nitrogens is 3. The van der Waals surface area contributed by atoms with Crippen LogP contribution < -0.4 is 18.9 Å². The average molecular weight is 638 g/mol. The van der Waals surface area contributed by atoms with Crippen molar-refractivity contribution in [2.75, 3.05) is 26.4 Å². The molecule has 4 aromatic rings. The first kappa shape index (κ1) is 32.3. The Balaban J connectivity index is 1.87. The Labute approximate surface area is 257 Å². The predicted octanol–water partition coefficient (Wildman–Crippen LogP) is 2.14. The van der Waals surface area contributed by atoms with Gasteiger partial charge in [0, 0.05) is 18.2 Å². The van der Waals surface area contributed by atoms with Gasteiger partial charge >= 0.3 is 23.9 Å². The summed E-state index contributed by atoms with van der Waals surface area (Å²) in [5.74, 6) is -6.46. The van der Waals surface area contributed by atoms with Crippen molar-refractivity contribution >= 4 is 23.9 Å². The maximum Gasteiger partial charge on any atom is 0.341 e. The summed E-state index contributed by atoms with van der Waals surface area (Å²) >= 11 is 0. The van der Waals surface area contributed by atoms with E-state index in [0.29, 0.717) is 0 Å². The summed E-state index contributed by atoms with van der Waals surface area (Å²) < 4.78 is 20.8. The second-order valence-corrected chi connectivity index (χ2v) is 9.05. The smallest absolute Gasteiger partial charge is 0.341 e. The van der Waals surface area contributed by atoms with E-state index in [1.54, 1.807) is 0 Å². The van der Waals surface area contributed by atoms with Gasteiger partial charge in [-0.1, -0.05) is 0 Å². The van der Waals surface area contributed by atoms with Gasteiger partial charge in [-0.15, -0.1) is 0 Å². The number of phenols is 2. The van der Waals surface area contributed by atoms with Gasteiger partial charge < -0.3 is 49.6 Å². The summed E-state index contributed by atoms with van der Waals surface area (Å²) in [5.41, 5.74) is 0.112. The van der Waals surface area contributed by atoms with Gasteiger partial charge in [0.2, 0.25) is 0 Å². The second-order valence-electron chi connectivity index (χ2n) is 9.05. The quantitative estimate of drug-likeness (QED) is 0.109. The zero-order valence-corrected chi connectivity index (χ0v) is 23.3. The van der Waals surface area contributed by atoms with Crippen LogP contribution in [0.1, 0.15) is 0 Å². The Bertz CT molecular complexity index is 1720. The lowest BCUT2D eigenvalue weighted by molar-refractivity contribution is -0.140. The molecule has 1 heterocycles. The topological polar surface area (TPSA) is 265 Å². The van der Waals surface area contributed by atoms with E-state index in [4.69, 9.17) is 34.3 Å². The molecular weight excluding hydrogens is 614 g/mol. The fraction of sp³-hybridized carbons (Fsp3) is 0.138. The summed E-state index contributed by atoms with van der Waals surface area (Å²) in [6, 6.07) is 11.6. The molecule has 0 saturated carbocycles. The van der Waals surface area contributed by atoms with Gasteiger partial charge in [0.1, 0.15) is 34.5 Å². The Morgan fingerprint density at radius 1 is 0.478 bits per heavy atom. The van der Waals surface area contributed by atoms with E-state index < -0.39 is 61.8 Å². The number of ether oxygens (including phenoxy) is 4. The van der Waals surface area contributed by atoms with Crippen molar-refractivity contribution in [2.24, 2.45) is 0 Å². The third kappa shape index (κ3) is 8.47. The largest absolute Gasteiger partial charge is 0.507 e. The van der Waals surface area contributed by atoms with E-state index >= 15 is 0 Å². The molecule has 238 valence electrons. The van der Waals surface area contributed by atoms with Crippen LogP contribution in [-0.2, 0) is 19.2 Å². The number of phenolic OH excluding ortho intramolecular Hbond substituents is 2. The molecule has 0 aliphatic heterocycles. The fourth-order valence-electron chi connectivity index (χ4n) is 3.79. The first-order chi connectivity index (χ1) is 21.9. The van der Waals surface area contributed by atoms with Crippen molar-refractivity contribution < 1.29 is 68.8 Å². The van der Waals surface area contributed by atoms with E-state index in [2.05, 4.69) is 15.0 Å². The summed E-state index contributed by atoms with van der Waals surface area (Å²) in [4.78, 5) is 57.1. The molecule has 4 rings (SSSR count). The number of hydrogen-bond acceptors (Lipinski definition) is 13. The molecule has 0 spiro atoms. The van der Waals surface area contributed by atoms with E-state index in [-0.39, 0.29) is 57.2 Å². The molecule has 0 amide bonds. The standard InChI is InChI=1S/C29H23N3O14/c33-20-7-14(43-10-23(35)36)1-4-17(20)27-30-28(18-5-2-15(8-21(18)34)44-11-24(37)38)32-29(31-27)19-6-3-16(45-12-25(39)40)9-22(19)46-13-26(41)42/h1-9,33-34H,10-13H2,(H,35,36)(H,37,38)(H,39,40)(H,41,42). The normalized spacial score (nSPS) is 10.5. The molecule has 3 aromatic carbocycles. The molecule has 17 heteroatoms. The van der Waals surface area contributed by atoms with Gasteiger partial charge in [-0.3, -0.25) is 0 Å². The average Bonchev–Trinajstić information content (AvgIpc) is 3.00. The van der Waals surface area contributed by atoms with Gasteiger partial charge in [-0.05, 0) is 36.4 Å². The molecule has 0 atom stereocenters. The zero-order chi connectivity index (χ0) is 33.4. The molecule has 6 N–H and O–H groups in total. The lowest BCUT2D eigenvalue weighted by Crippen LogP contribution is -2.12. The number of carbonyl (C=O) groups is 4. The van der Waals surface area contributed by atoms with Crippen molar-refractivity contribution in [1.82, 2.24) is 15.0 Å². The van der Waals surface area contributed by atoms with Gasteiger partial charge in [-0.2, -0.15) is 0 Å². The van der Waals surface area contributed by atoms with Crippen LogP contribution in [-0.4, -0.2) is 95.9 Å². The summed E-state index contributed by atoms with van der Waals surface area (Å²) in [6.07, 6.45) is 0. The maximum absolute atomic E-state index is 11.3. The molecule has 0 saturated heterocycles. The molecule has 0 radical (unpaired) electrons. The molecule has 0 fully saturated rings. The van der Waals surface area contributed by atoms with Crippen molar-refractivity contribution in [3.63, 3.8) is 0 Å². The Morgan fingerprint density at radius 2 is 0.804 bits per heavy atom. The van der Waals surface area contributed by atoms with Crippen LogP contribution >= 0.6 is 0 Å². The Kier molecular flexibility index (Phi) is 9.97. The third-order valence-corrected chi connectivity index (χ3v) is 5.69. The molecule has 0 bridgehead atoms.